The van der Waals surface area contributed by atoms with E-state index in [-0.39, 0.29) is 22.8 Å². The van der Waals surface area contributed by atoms with Gasteiger partial charge < -0.3 is 10.1 Å². The van der Waals surface area contributed by atoms with E-state index in [0.717, 1.165) is 17.0 Å². The number of methoxy groups -OCH3 is 1. The average Bonchev–Trinajstić information content (AvgIpc) is 3.28. The van der Waals surface area contributed by atoms with E-state index in [0.29, 0.717) is 11.0 Å². The van der Waals surface area contributed by atoms with Gasteiger partial charge in [-0.15, -0.1) is 10.2 Å². The zero-order chi connectivity index (χ0) is 25.0. The Morgan fingerprint density at radius 3 is 2.31 bits per heavy atom. The van der Waals surface area contributed by atoms with Gasteiger partial charge in [-0.3, -0.25) is 9.36 Å². The van der Waals surface area contributed by atoms with E-state index in [9.17, 15) is 9.18 Å². The summed E-state index contributed by atoms with van der Waals surface area (Å²) in [5.41, 5.74) is 3.15. The molecule has 0 saturated carbocycles. The molecule has 4 rings (SSSR count). The lowest BCUT2D eigenvalue weighted by Crippen LogP contribution is -2.15. The summed E-state index contributed by atoms with van der Waals surface area (Å²) in [6.07, 6.45) is 0. The molecule has 1 amide bonds. The summed E-state index contributed by atoms with van der Waals surface area (Å²) in [4.78, 5) is 12.5. The van der Waals surface area contributed by atoms with Crippen molar-refractivity contribution < 1.29 is 13.9 Å². The number of anilines is 1. The summed E-state index contributed by atoms with van der Waals surface area (Å²) < 4.78 is 21.1. The minimum absolute atomic E-state index is 0.0365. The Bertz CT molecular complexity index is 1310. The smallest absolute Gasteiger partial charge is 0.234 e. The quantitative estimate of drug-likeness (QED) is 0.317. The highest BCUT2D eigenvalue weighted by Crippen LogP contribution is 2.31. The van der Waals surface area contributed by atoms with E-state index in [1.807, 2.05) is 41.0 Å². The fourth-order valence-corrected chi connectivity index (χ4v) is 4.26. The van der Waals surface area contributed by atoms with Gasteiger partial charge >= 0.3 is 0 Å². The number of halogens is 1. The third-order valence-electron chi connectivity index (χ3n) is 5.45. The van der Waals surface area contributed by atoms with Gasteiger partial charge in [0.2, 0.25) is 5.91 Å². The Balaban J connectivity index is 1.63. The molecule has 180 valence electrons. The molecule has 0 radical (unpaired) electrons. The number of nitrogens with one attached hydrogen (secondary N) is 1. The van der Waals surface area contributed by atoms with Gasteiger partial charge in [0.1, 0.15) is 11.6 Å². The molecule has 0 unspecified atom stereocenters. The van der Waals surface area contributed by atoms with Crippen molar-refractivity contribution in [2.45, 2.75) is 31.3 Å². The van der Waals surface area contributed by atoms with Gasteiger partial charge in [0.15, 0.2) is 11.0 Å². The predicted octanol–water partition coefficient (Wildman–Crippen LogP) is 6.11. The number of amides is 1. The Morgan fingerprint density at radius 2 is 1.69 bits per heavy atom. The Morgan fingerprint density at radius 1 is 1.00 bits per heavy atom. The monoisotopic (exact) mass is 490 g/mol. The van der Waals surface area contributed by atoms with Gasteiger partial charge in [0.05, 0.1) is 18.6 Å². The topological polar surface area (TPSA) is 69.0 Å². The van der Waals surface area contributed by atoms with Gasteiger partial charge in [0.25, 0.3) is 0 Å². The normalized spacial score (nSPS) is 11.3. The lowest BCUT2D eigenvalue weighted by molar-refractivity contribution is -0.113. The number of carbonyl (C=O) groups is 1. The summed E-state index contributed by atoms with van der Waals surface area (Å²) in [5, 5.41) is 12.0. The first-order valence-electron chi connectivity index (χ1n) is 11.1. The molecule has 0 fully saturated rings. The van der Waals surface area contributed by atoms with Crippen molar-refractivity contribution in [3.63, 3.8) is 0 Å². The second kappa shape index (κ2) is 10.3. The number of hydrogen-bond acceptors (Lipinski definition) is 5. The highest BCUT2D eigenvalue weighted by atomic mass is 32.2. The first-order valence-corrected chi connectivity index (χ1v) is 12.1. The maximum Gasteiger partial charge on any atom is 0.234 e. The maximum absolute atomic E-state index is 13.9. The van der Waals surface area contributed by atoms with Crippen molar-refractivity contribution in [1.29, 1.82) is 0 Å². The van der Waals surface area contributed by atoms with Crippen LogP contribution in [0.1, 0.15) is 26.3 Å². The number of benzene rings is 3. The number of ether oxygens (including phenoxy) is 1. The van der Waals surface area contributed by atoms with E-state index < -0.39 is 5.82 Å². The minimum Gasteiger partial charge on any atom is -0.497 e. The molecule has 8 heteroatoms. The molecular formula is C27H27FN4O2S. The lowest BCUT2D eigenvalue weighted by Gasteiger charge is -2.19. The molecule has 1 N–H and O–H groups in total. The van der Waals surface area contributed by atoms with Gasteiger partial charge in [-0.05, 0) is 47.4 Å². The molecule has 0 bridgehead atoms. The highest BCUT2D eigenvalue weighted by Gasteiger charge is 2.19. The second-order valence-electron chi connectivity index (χ2n) is 8.98. The van der Waals surface area contributed by atoms with E-state index in [1.165, 1.54) is 29.5 Å². The van der Waals surface area contributed by atoms with Crippen LogP contribution in [0, 0.1) is 5.82 Å². The molecule has 0 saturated heterocycles. The SMILES string of the molecule is COc1ccc(-n2c(SCC(=O)Nc3ccccc3F)nnc2-c2ccc(C(C)(C)C)cc2)cc1. The van der Waals surface area contributed by atoms with Crippen LogP contribution in [0.15, 0.2) is 78.0 Å². The Hall–Kier alpha value is -3.65. The second-order valence-corrected chi connectivity index (χ2v) is 9.93. The zero-order valence-corrected chi connectivity index (χ0v) is 20.9. The number of para-hydroxylation sites is 1. The standard InChI is InChI=1S/C27H27FN4O2S/c1-27(2,3)19-11-9-18(10-12-19)25-30-31-26(32(25)20-13-15-21(34-4)16-14-20)35-17-24(33)29-23-8-6-5-7-22(23)28/h5-16H,17H2,1-4H3,(H,29,33). The Labute approximate surface area is 208 Å². The number of rotatable bonds is 7. The van der Waals surface area contributed by atoms with Crippen LogP contribution in [-0.4, -0.2) is 33.5 Å². The van der Waals surface area contributed by atoms with Crippen molar-refractivity contribution in [1.82, 2.24) is 14.8 Å². The number of carbonyl (C=O) groups excluding carboxylic acids is 1. The molecule has 1 heterocycles. The van der Waals surface area contributed by atoms with Crippen LogP contribution in [0.2, 0.25) is 0 Å². The number of aromatic nitrogens is 3. The van der Waals surface area contributed by atoms with Gasteiger partial charge in [0, 0.05) is 11.3 Å². The number of nitrogens with zero attached hydrogens (tertiary/aromatic N) is 3. The van der Waals surface area contributed by atoms with Crippen LogP contribution in [-0.2, 0) is 10.2 Å². The number of thioether (sulfide) groups is 1. The molecule has 35 heavy (non-hydrogen) atoms. The van der Waals surface area contributed by atoms with E-state index in [4.69, 9.17) is 4.74 Å². The fourth-order valence-electron chi connectivity index (χ4n) is 3.51. The van der Waals surface area contributed by atoms with Crippen LogP contribution in [0.3, 0.4) is 0 Å². The third-order valence-corrected chi connectivity index (χ3v) is 6.38. The number of hydrogen-bond donors (Lipinski definition) is 1. The van der Waals surface area contributed by atoms with Gasteiger partial charge in [-0.25, -0.2) is 4.39 Å². The van der Waals surface area contributed by atoms with Crippen molar-refractivity contribution >= 4 is 23.4 Å². The lowest BCUT2D eigenvalue weighted by atomic mass is 9.87. The predicted molar refractivity (Wildman–Crippen MR) is 138 cm³/mol. The molecule has 0 aliphatic rings. The van der Waals surface area contributed by atoms with E-state index in [1.54, 1.807) is 19.2 Å². The van der Waals surface area contributed by atoms with Crippen LogP contribution >= 0.6 is 11.8 Å². The molecule has 3 aromatic carbocycles. The van der Waals surface area contributed by atoms with Gasteiger partial charge in [-0.1, -0.05) is 68.9 Å². The fraction of sp³-hybridized carbons (Fsp3) is 0.222. The zero-order valence-electron chi connectivity index (χ0n) is 20.1. The van der Waals surface area contributed by atoms with Crippen LogP contribution < -0.4 is 10.1 Å². The van der Waals surface area contributed by atoms with Crippen molar-refractivity contribution in [3.8, 4) is 22.8 Å². The van der Waals surface area contributed by atoms with Gasteiger partial charge in [-0.2, -0.15) is 0 Å². The van der Waals surface area contributed by atoms with Crippen molar-refractivity contribution in [2.24, 2.45) is 0 Å². The maximum atomic E-state index is 13.9. The average molecular weight is 491 g/mol. The first-order chi connectivity index (χ1) is 16.8. The van der Waals surface area contributed by atoms with Crippen molar-refractivity contribution in [3.05, 3.63) is 84.2 Å². The summed E-state index contributed by atoms with van der Waals surface area (Å²) in [5.74, 6) is 0.628. The summed E-state index contributed by atoms with van der Waals surface area (Å²) in [6, 6.07) is 21.9. The van der Waals surface area contributed by atoms with E-state index >= 15 is 0 Å². The van der Waals surface area contributed by atoms with Crippen LogP contribution in [0.4, 0.5) is 10.1 Å². The van der Waals surface area contributed by atoms with Crippen molar-refractivity contribution in [2.75, 3.05) is 18.2 Å². The largest absolute Gasteiger partial charge is 0.497 e. The molecule has 6 nitrogen and oxygen atoms in total. The van der Waals surface area contributed by atoms with E-state index in [2.05, 4.69) is 48.4 Å². The molecule has 1 aromatic heterocycles. The molecule has 0 spiro atoms. The van der Waals surface area contributed by atoms with Crippen LogP contribution in [0.5, 0.6) is 5.75 Å². The van der Waals surface area contributed by atoms with Crippen LogP contribution in [0.25, 0.3) is 17.1 Å². The highest BCUT2D eigenvalue weighted by molar-refractivity contribution is 7.99. The molecule has 0 aliphatic heterocycles. The molecule has 4 aromatic rings. The summed E-state index contributed by atoms with van der Waals surface area (Å²) >= 11 is 1.23. The minimum atomic E-state index is -0.478. The third kappa shape index (κ3) is 5.71. The molecule has 0 atom stereocenters. The first kappa shape index (κ1) is 24.5. The molecule has 0 aliphatic carbocycles. The summed E-state index contributed by atoms with van der Waals surface area (Å²) in [7, 11) is 1.62. The Kier molecular flexibility index (Phi) is 7.21. The molecular weight excluding hydrogens is 463 g/mol. The summed E-state index contributed by atoms with van der Waals surface area (Å²) in [6.45, 7) is 6.51.